The average molecular weight is 566 g/mol. The second kappa shape index (κ2) is 11.2. The van der Waals surface area contributed by atoms with Gasteiger partial charge < -0.3 is 20.1 Å². The van der Waals surface area contributed by atoms with Gasteiger partial charge >= 0.3 is 0 Å². The lowest BCUT2D eigenvalue weighted by Crippen LogP contribution is -2.31. The molecule has 1 amide bonds. The fourth-order valence-electron chi connectivity index (χ4n) is 4.18. The van der Waals surface area contributed by atoms with Crippen molar-refractivity contribution in [2.75, 3.05) is 27.3 Å². The van der Waals surface area contributed by atoms with E-state index in [9.17, 15) is 4.79 Å². The van der Waals surface area contributed by atoms with Crippen LogP contribution < -0.4 is 20.1 Å². The van der Waals surface area contributed by atoms with E-state index < -0.39 is 0 Å². The molecule has 0 heterocycles. The third kappa shape index (κ3) is 5.46. The number of fused-ring (bicyclic) bond motifs is 1. The van der Waals surface area contributed by atoms with Gasteiger partial charge in [-0.25, -0.2) is 0 Å². The van der Waals surface area contributed by atoms with Crippen molar-refractivity contribution >= 4 is 55.8 Å². The second-order valence-corrected chi connectivity index (χ2v) is 10.0. The van der Waals surface area contributed by atoms with Gasteiger partial charge in [0.2, 0.25) is 0 Å². The van der Waals surface area contributed by atoms with Crippen molar-refractivity contribution in [3.63, 3.8) is 0 Å². The Morgan fingerprint density at radius 3 is 2.41 bits per heavy atom. The van der Waals surface area contributed by atoms with Gasteiger partial charge in [0.15, 0.2) is 0 Å². The number of rotatable bonds is 10. The number of halogens is 3. The summed E-state index contributed by atoms with van der Waals surface area (Å²) in [6.07, 6.45) is 3.32. The van der Waals surface area contributed by atoms with E-state index in [1.807, 2.05) is 36.4 Å². The van der Waals surface area contributed by atoms with Crippen LogP contribution in [0.3, 0.4) is 0 Å². The van der Waals surface area contributed by atoms with Gasteiger partial charge in [-0.1, -0.05) is 53.5 Å². The van der Waals surface area contributed by atoms with Crippen molar-refractivity contribution < 1.29 is 14.3 Å². The fourth-order valence-corrected chi connectivity index (χ4v) is 5.22. The van der Waals surface area contributed by atoms with Gasteiger partial charge in [-0.2, -0.15) is 0 Å². The number of benzene rings is 3. The van der Waals surface area contributed by atoms with Crippen LogP contribution in [0.5, 0.6) is 11.5 Å². The molecule has 3 aromatic rings. The Morgan fingerprint density at radius 2 is 1.76 bits per heavy atom. The summed E-state index contributed by atoms with van der Waals surface area (Å²) in [7, 11) is 3.15. The predicted molar refractivity (Wildman–Crippen MR) is 142 cm³/mol. The average Bonchev–Trinajstić information content (AvgIpc) is 3.66. The molecule has 0 bridgehead atoms. The summed E-state index contributed by atoms with van der Waals surface area (Å²) in [5, 5.41) is 9.31. The highest BCUT2D eigenvalue weighted by Crippen LogP contribution is 2.44. The van der Waals surface area contributed by atoms with E-state index in [1.54, 1.807) is 20.3 Å². The second-order valence-electron chi connectivity index (χ2n) is 8.40. The van der Waals surface area contributed by atoms with E-state index in [4.69, 9.17) is 32.7 Å². The van der Waals surface area contributed by atoms with E-state index >= 15 is 0 Å². The number of hydrogen-bond acceptors (Lipinski definition) is 4. The van der Waals surface area contributed by atoms with E-state index in [1.165, 1.54) is 12.8 Å². The van der Waals surface area contributed by atoms with Crippen LogP contribution in [0.1, 0.15) is 41.1 Å². The largest absolute Gasteiger partial charge is 0.495 e. The molecule has 1 atom stereocenters. The fraction of sp³-hybridized carbons (Fsp3) is 0.346. The molecule has 1 saturated carbocycles. The number of carbonyl (C=O) groups is 1. The van der Waals surface area contributed by atoms with Crippen LogP contribution in [0, 0.1) is 0 Å². The van der Waals surface area contributed by atoms with Crippen LogP contribution >= 0.6 is 39.1 Å². The van der Waals surface area contributed by atoms with Crippen molar-refractivity contribution in [2.45, 2.75) is 31.2 Å². The lowest BCUT2D eigenvalue weighted by molar-refractivity contribution is 0.0949. The molecule has 1 fully saturated rings. The Morgan fingerprint density at radius 1 is 1.06 bits per heavy atom. The maximum absolute atomic E-state index is 13.5. The monoisotopic (exact) mass is 564 g/mol. The van der Waals surface area contributed by atoms with Gasteiger partial charge in [-0.3, -0.25) is 4.79 Å². The highest BCUT2D eigenvalue weighted by molar-refractivity contribution is 9.10. The molecule has 8 heteroatoms. The summed E-state index contributed by atoms with van der Waals surface area (Å²) in [6, 6.07) is 13.9. The first-order valence-corrected chi connectivity index (χ1v) is 12.8. The number of nitrogens with one attached hydrogen (secondary N) is 2. The molecule has 0 aromatic heterocycles. The summed E-state index contributed by atoms with van der Waals surface area (Å²) in [4.78, 5) is 13.5. The van der Waals surface area contributed by atoms with Crippen LogP contribution in [0.15, 0.2) is 46.9 Å². The topological polar surface area (TPSA) is 59.6 Å². The van der Waals surface area contributed by atoms with Crippen LogP contribution in [-0.4, -0.2) is 39.3 Å². The SMILES string of the molecule is COc1c(Br)c(OC)c2ccccc2c1C(=O)NC[C@@H](CCNC1CC1)c1ccc(Cl)c(Cl)c1. The zero-order valence-corrected chi connectivity index (χ0v) is 22.2. The van der Waals surface area contributed by atoms with Gasteiger partial charge in [0.05, 0.1) is 29.8 Å². The molecule has 1 aliphatic carbocycles. The quantitative estimate of drug-likeness (QED) is 0.291. The number of carbonyl (C=O) groups excluding carboxylic acids is 1. The smallest absolute Gasteiger partial charge is 0.255 e. The van der Waals surface area contributed by atoms with Crippen LogP contribution in [0.4, 0.5) is 0 Å². The number of methoxy groups -OCH3 is 2. The highest BCUT2D eigenvalue weighted by Gasteiger charge is 2.25. The molecule has 4 rings (SSSR count). The first kappa shape index (κ1) is 25.1. The minimum atomic E-state index is -0.211. The predicted octanol–water partition coefficient (Wildman–Crippen LogP) is 6.58. The lowest BCUT2D eigenvalue weighted by atomic mass is 9.95. The van der Waals surface area contributed by atoms with Crippen LogP contribution in [-0.2, 0) is 0 Å². The summed E-state index contributed by atoms with van der Waals surface area (Å²) < 4.78 is 11.8. The van der Waals surface area contributed by atoms with Gasteiger partial charge in [0.25, 0.3) is 5.91 Å². The van der Waals surface area contributed by atoms with Crippen molar-refractivity contribution in [2.24, 2.45) is 0 Å². The Kier molecular flexibility index (Phi) is 8.25. The number of amides is 1. The maximum Gasteiger partial charge on any atom is 0.255 e. The molecule has 0 aliphatic heterocycles. The molecule has 1 aliphatic rings. The standard InChI is InChI=1S/C26H27BrCl2N2O3/c1-33-24-19-6-4-3-5-18(19)22(25(34-2)23(24)27)26(32)31-14-16(11-12-30-17-8-9-17)15-7-10-20(28)21(29)13-15/h3-7,10,13,16-17,30H,8-9,11-12,14H2,1-2H3,(H,31,32)/t16-/m1/s1. The van der Waals surface area contributed by atoms with Crippen molar-refractivity contribution in [3.05, 3.63) is 68.1 Å². The first-order chi connectivity index (χ1) is 16.4. The van der Waals surface area contributed by atoms with E-state index in [-0.39, 0.29) is 11.8 Å². The third-order valence-corrected chi connectivity index (χ3v) is 7.59. The minimum Gasteiger partial charge on any atom is -0.495 e. The maximum atomic E-state index is 13.5. The normalized spacial score (nSPS) is 14.1. The number of hydrogen-bond donors (Lipinski definition) is 2. The lowest BCUT2D eigenvalue weighted by Gasteiger charge is -2.21. The Balaban J connectivity index is 1.61. The van der Waals surface area contributed by atoms with Gasteiger partial charge in [0, 0.05) is 29.3 Å². The summed E-state index contributed by atoms with van der Waals surface area (Å²) in [5.41, 5.74) is 1.51. The van der Waals surface area contributed by atoms with E-state index in [0.717, 1.165) is 29.3 Å². The van der Waals surface area contributed by atoms with Gasteiger partial charge in [-0.15, -0.1) is 0 Å². The van der Waals surface area contributed by atoms with Crippen molar-refractivity contribution in [3.8, 4) is 11.5 Å². The molecule has 3 aromatic carbocycles. The molecular weight excluding hydrogens is 539 g/mol. The molecule has 0 saturated heterocycles. The molecular formula is C26H27BrCl2N2O3. The van der Waals surface area contributed by atoms with Gasteiger partial charge in [-0.05, 0) is 59.4 Å². The molecule has 0 spiro atoms. The summed E-state index contributed by atoms with van der Waals surface area (Å²) in [5.74, 6) is 0.930. The van der Waals surface area contributed by atoms with Crippen molar-refractivity contribution in [1.29, 1.82) is 0 Å². The van der Waals surface area contributed by atoms with Gasteiger partial charge in [0.1, 0.15) is 16.0 Å². The molecule has 0 radical (unpaired) electrons. The van der Waals surface area contributed by atoms with Crippen LogP contribution in [0.2, 0.25) is 10.0 Å². The molecule has 2 N–H and O–H groups in total. The van der Waals surface area contributed by atoms with E-state index in [2.05, 4.69) is 26.6 Å². The van der Waals surface area contributed by atoms with E-state index in [0.29, 0.717) is 44.2 Å². The first-order valence-electron chi connectivity index (χ1n) is 11.2. The Hall–Kier alpha value is -1.99. The Bertz CT molecular complexity index is 1200. The Labute approximate surface area is 218 Å². The molecule has 0 unspecified atom stereocenters. The molecule has 34 heavy (non-hydrogen) atoms. The molecule has 5 nitrogen and oxygen atoms in total. The molecule has 180 valence electrons. The zero-order chi connectivity index (χ0) is 24.2. The zero-order valence-electron chi connectivity index (χ0n) is 19.1. The van der Waals surface area contributed by atoms with Crippen molar-refractivity contribution in [1.82, 2.24) is 10.6 Å². The number of ether oxygens (including phenoxy) is 2. The summed E-state index contributed by atoms with van der Waals surface area (Å²) >= 11 is 16.0. The third-order valence-electron chi connectivity index (χ3n) is 6.13. The summed E-state index contributed by atoms with van der Waals surface area (Å²) in [6.45, 7) is 1.32. The van der Waals surface area contributed by atoms with Crippen LogP contribution in [0.25, 0.3) is 10.8 Å². The minimum absolute atomic E-state index is 0.0731. The highest BCUT2D eigenvalue weighted by atomic mass is 79.9.